The van der Waals surface area contributed by atoms with Gasteiger partial charge in [0, 0.05) is 29.9 Å². The molecule has 0 aromatic heterocycles. The van der Waals surface area contributed by atoms with Gasteiger partial charge in [-0.15, -0.1) is 0 Å². The molecule has 0 atom stereocenters. The van der Waals surface area contributed by atoms with Gasteiger partial charge in [-0.25, -0.2) is 4.99 Å². The number of hydrogen-bond donors (Lipinski definition) is 0. The summed E-state index contributed by atoms with van der Waals surface area (Å²) in [4.78, 5) is 18.9. The molecule has 0 bridgehead atoms. The summed E-state index contributed by atoms with van der Waals surface area (Å²) in [6, 6.07) is 7.55. The normalized spacial score (nSPS) is 14.4. The summed E-state index contributed by atoms with van der Waals surface area (Å²) in [7, 11) is 0. The summed E-state index contributed by atoms with van der Waals surface area (Å²) < 4.78 is 0. The molecule has 68 valence electrons. The number of carbonyl (C=O) groups excluding carboxylic acids is 1. The van der Waals surface area contributed by atoms with Crippen LogP contribution in [0.3, 0.4) is 0 Å². The fourth-order valence-corrected chi connectivity index (χ4v) is 1.20. The van der Waals surface area contributed by atoms with Crippen LogP contribution < -0.4 is 10.4 Å². The summed E-state index contributed by atoms with van der Waals surface area (Å²) in [5.74, 6) is -0.265. The maximum atomic E-state index is 11.2. The second kappa shape index (κ2) is 3.79. The number of benzene rings is 1. The van der Waals surface area contributed by atoms with Crippen LogP contribution in [0.25, 0.3) is 12.3 Å². The zero-order valence-corrected chi connectivity index (χ0v) is 7.42. The second-order valence-corrected chi connectivity index (χ2v) is 2.82. The van der Waals surface area contributed by atoms with Gasteiger partial charge in [-0.1, -0.05) is 24.3 Å². The lowest BCUT2D eigenvalue weighted by Gasteiger charge is -1.86. The molecule has 1 heterocycles. The molecule has 0 unspecified atom stereocenters. The van der Waals surface area contributed by atoms with Crippen molar-refractivity contribution in [1.29, 1.82) is 0 Å². The number of fused-ring (bicyclic) bond motifs is 1. The highest BCUT2D eigenvalue weighted by atomic mass is 16.1. The Balaban J connectivity index is 2.76. The van der Waals surface area contributed by atoms with E-state index in [0.29, 0.717) is 0 Å². The number of rotatable bonds is 0. The van der Waals surface area contributed by atoms with E-state index in [1.165, 1.54) is 18.5 Å². The molecule has 1 aromatic rings. The Morgan fingerprint density at radius 2 is 1.79 bits per heavy atom. The van der Waals surface area contributed by atoms with Crippen LogP contribution in [0.15, 0.2) is 34.3 Å². The first-order chi connectivity index (χ1) is 6.86. The van der Waals surface area contributed by atoms with Crippen molar-refractivity contribution in [3.63, 3.8) is 0 Å². The molecule has 0 spiro atoms. The van der Waals surface area contributed by atoms with Crippen LogP contribution in [0.4, 0.5) is 0 Å². The van der Waals surface area contributed by atoms with E-state index in [1.54, 1.807) is 6.20 Å². The van der Waals surface area contributed by atoms with E-state index in [0.717, 1.165) is 10.4 Å². The number of hydrogen-bond acceptors (Lipinski definition) is 2. The van der Waals surface area contributed by atoms with Gasteiger partial charge in [-0.3, -0.25) is 9.79 Å². The van der Waals surface area contributed by atoms with E-state index in [4.69, 9.17) is 0 Å². The van der Waals surface area contributed by atoms with E-state index in [1.807, 2.05) is 24.3 Å². The van der Waals surface area contributed by atoms with Gasteiger partial charge < -0.3 is 0 Å². The Kier molecular flexibility index (Phi) is 2.32. The number of nitrogens with zero attached hydrogens (tertiary/aromatic N) is 2. The minimum atomic E-state index is -0.265. The first kappa shape index (κ1) is 8.56. The first-order valence-corrected chi connectivity index (χ1v) is 4.23. The van der Waals surface area contributed by atoms with Crippen molar-refractivity contribution >= 4 is 30.6 Å². The Labute approximate surface area is 80.8 Å². The lowest BCUT2D eigenvalue weighted by atomic mass is 10.2. The third-order valence-electron chi connectivity index (χ3n) is 1.84. The van der Waals surface area contributed by atoms with Crippen molar-refractivity contribution in [3.05, 3.63) is 34.7 Å². The van der Waals surface area contributed by atoms with E-state index in [-0.39, 0.29) is 5.91 Å². The Morgan fingerprint density at radius 3 is 2.64 bits per heavy atom. The van der Waals surface area contributed by atoms with Crippen LogP contribution in [-0.4, -0.2) is 18.3 Å². The standard InChI is InChI=1S/C11H8N2O/c14-11-7-9-3-1-2-4-10(9)8-12-5-6-13-11/h1-8H. The summed E-state index contributed by atoms with van der Waals surface area (Å²) in [6.07, 6.45) is 6.09. The van der Waals surface area contributed by atoms with Crippen LogP contribution in [0.1, 0.15) is 0 Å². The molecule has 0 saturated heterocycles. The molecule has 3 nitrogen and oxygen atoms in total. The van der Waals surface area contributed by atoms with E-state index >= 15 is 0 Å². The van der Waals surface area contributed by atoms with Gasteiger partial charge in [-0.2, -0.15) is 0 Å². The highest BCUT2D eigenvalue weighted by Gasteiger charge is 1.92. The van der Waals surface area contributed by atoms with Crippen LogP contribution in [0.2, 0.25) is 0 Å². The summed E-state index contributed by atoms with van der Waals surface area (Å²) >= 11 is 0. The van der Waals surface area contributed by atoms with Gasteiger partial charge in [0.2, 0.25) is 0 Å². The molecule has 0 saturated carbocycles. The minimum Gasteiger partial charge on any atom is -0.267 e. The van der Waals surface area contributed by atoms with Crippen molar-refractivity contribution < 1.29 is 4.79 Å². The third-order valence-corrected chi connectivity index (χ3v) is 1.84. The van der Waals surface area contributed by atoms with Crippen molar-refractivity contribution in [3.8, 4) is 0 Å². The van der Waals surface area contributed by atoms with Gasteiger partial charge in [-0.05, 0) is 5.22 Å². The predicted octanol–water partition coefficient (Wildman–Crippen LogP) is -0.113. The number of amides is 1. The first-order valence-electron chi connectivity index (χ1n) is 4.23. The van der Waals surface area contributed by atoms with Gasteiger partial charge in [0.15, 0.2) is 0 Å². The SMILES string of the molecule is O=C1C=c2ccccc2=CN=CC=N1. The predicted molar refractivity (Wildman–Crippen MR) is 56.6 cm³/mol. The van der Waals surface area contributed by atoms with Gasteiger partial charge in [0.05, 0.1) is 0 Å². The molecule has 1 aromatic carbocycles. The Morgan fingerprint density at radius 1 is 1.00 bits per heavy atom. The van der Waals surface area contributed by atoms with Crippen LogP contribution in [0, 0.1) is 0 Å². The fourth-order valence-electron chi connectivity index (χ4n) is 1.20. The second-order valence-electron chi connectivity index (χ2n) is 2.82. The number of aliphatic imine (C=N–C) groups is 2. The van der Waals surface area contributed by atoms with E-state index in [9.17, 15) is 4.79 Å². The lowest BCUT2D eigenvalue weighted by molar-refractivity contribution is -0.112. The van der Waals surface area contributed by atoms with Crippen LogP contribution >= 0.6 is 0 Å². The Hall–Kier alpha value is -2.03. The van der Waals surface area contributed by atoms with Crippen molar-refractivity contribution in [2.45, 2.75) is 0 Å². The van der Waals surface area contributed by atoms with Crippen LogP contribution in [-0.2, 0) is 4.79 Å². The molecule has 1 amide bonds. The van der Waals surface area contributed by atoms with Crippen molar-refractivity contribution in [2.75, 3.05) is 0 Å². The highest BCUT2D eigenvalue weighted by Crippen LogP contribution is 1.80. The van der Waals surface area contributed by atoms with E-state index in [2.05, 4.69) is 9.98 Å². The molecule has 14 heavy (non-hydrogen) atoms. The van der Waals surface area contributed by atoms with Crippen LogP contribution in [0.5, 0.6) is 0 Å². The lowest BCUT2D eigenvalue weighted by Crippen LogP contribution is -2.24. The zero-order chi connectivity index (χ0) is 9.80. The average Bonchev–Trinajstić information content (AvgIpc) is 2.27. The zero-order valence-electron chi connectivity index (χ0n) is 7.42. The van der Waals surface area contributed by atoms with Crippen molar-refractivity contribution in [2.24, 2.45) is 9.98 Å². The molecule has 0 N–H and O–H groups in total. The van der Waals surface area contributed by atoms with Gasteiger partial charge in [0.1, 0.15) is 0 Å². The largest absolute Gasteiger partial charge is 0.270 e. The molecular weight excluding hydrogens is 176 g/mol. The van der Waals surface area contributed by atoms with Crippen molar-refractivity contribution in [1.82, 2.24) is 0 Å². The molecule has 0 radical (unpaired) electrons. The molecule has 0 fully saturated rings. The molecule has 3 heteroatoms. The maximum Gasteiger partial charge on any atom is 0.270 e. The van der Waals surface area contributed by atoms with E-state index < -0.39 is 0 Å². The molecule has 1 aliphatic heterocycles. The molecule has 0 aliphatic carbocycles. The quantitative estimate of drug-likeness (QED) is 0.554. The maximum absolute atomic E-state index is 11.2. The average molecular weight is 184 g/mol. The fraction of sp³-hybridized carbons (Fsp3) is 0. The van der Waals surface area contributed by atoms with Gasteiger partial charge >= 0.3 is 0 Å². The Bertz CT molecular complexity index is 526. The monoisotopic (exact) mass is 184 g/mol. The summed E-state index contributed by atoms with van der Waals surface area (Å²) in [5.41, 5.74) is 0. The smallest absolute Gasteiger partial charge is 0.267 e. The summed E-state index contributed by atoms with van der Waals surface area (Å²) in [6.45, 7) is 0. The number of carbonyl (C=O) groups is 1. The highest BCUT2D eigenvalue weighted by molar-refractivity contribution is 6.22. The third kappa shape index (κ3) is 1.82. The van der Waals surface area contributed by atoms with Gasteiger partial charge in [0.25, 0.3) is 5.91 Å². The molecule has 1 aliphatic rings. The molecule has 2 rings (SSSR count). The minimum absolute atomic E-state index is 0.265. The molecular formula is C11H8N2O. The summed E-state index contributed by atoms with van der Waals surface area (Å²) in [5, 5.41) is 1.76. The topological polar surface area (TPSA) is 41.8 Å².